The zero-order valence-corrected chi connectivity index (χ0v) is 10.1. The molecule has 0 aromatic heterocycles. The molecule has 1 saturated carbocycles. The van der Waals surface area contributed by atoms with Gasteiger partial charge in [-0.3, -0.25) is 4.90 Å². The van der Waals surface area contributed by atoms with Crippen LogP contribution in [0.4, 0.5) is 0 Å². The van der Waals surface area contributed by atoms with E-state index in [-0.39, 0.29) is 0 Å². The predicted octanol–water partition coefficient (Wildman–Crippen LogP) is 2.56. The summed E-state index contributed by atoms with van der Waals surface area (Å²) >= 11 is 0. The molecule has 0 bridgehead atoms. The molecule has 0 heterocycles. The molecule has 2 N–H and O–H groups in total. The Hall–Kier alpha value is -0.860. The van der Waals surface area contributed by atoms with Crippen molar-refractivity contribution in [2.75, 3.05) is 13.6 Å². The highest BCUT2D eigenvalue weighted by atomic mass is 15.2. The maximum Gasteiger partial charge on any atom is 0.0470 e. The van der Waals surface area contributed by atoms with Gasteiger partial charge in [0.05, 0.1) is 0 Å². The minimum Gasteiger partial charge on any atom is -0.329 e. The Morgan fingerprint density at radius 3 is 2.44 bits per heavy atom. The molecule has 2 rings (SSSR count). The Morgan fingerprint density at radius 2 is 1.88 bits per heavy atom. The molecule has 16 heavy (non-hydrogen) atoms. The SMILES string of the molecule is CN(C1CCCC1)C(CN)c1ccccc1. The smallest absolute Gasteiger partial charge is 0.0470 e. The Balaban J connectivity index is 2.09. The third kappa shape index (κ3) is 2.45. The summed E-state index contributed by atoms with van der Waals surface area (Å²) in [6.45, 7) is 0.705. The lowest BCUT2D eigenvalue weighted by Crippen LogP contribution is -2.37. The van der Waals surface area contributed by atoms with E-state index in [0.717, 1.165) is 6.04 Å². The molecule has 1 aromatic rings. The molecule has 1 fully saturated rings. The summed E-state index contributed by atoms with van der Waals surface area (Å²) < 4.78 is 0. The first kappa shape index (κ1) is 11.6. The second-order valence-electron chi connectivity index (χ2n) is 4.77. The van der Waals surface area contributed by atoms with Crippen molar-refractivity contribution in [3.05, 3.63) is 35.9 Å². The van der Waals surface area contributed by atoms with Crippen molar-refractivity contribution in [3.8, 4) is 0 Å². The summed E-state index contributed by atoms with van der Waals surface area (Å²) in [5, 5.41) is 0. The van der Waals surface area contributed by atoms with Crippen LogP contribution >= 0.6 is 0 Å². The first-order valence-corrected chi connectivity index (χ1v) is 6.30. The van der Waals surface area contributed by atoms with Crippen LogP contribution in [-0.4, -0.2) is 24.5 Å². The van der Waals surface area contributed by atoms with Gasteiger partial charge in [0.25, 0.3) is 0 Å². The van der Waals surface area contributed by atoms with Gasteiger partial charge in [-0.2, -0.15) is 0 Å². The van der Waals surface area contributed by atoms with E-state index in [9.17, 15) is 0 Å². The summed E-state index contributed by atoms with van der Waals surface area (Å²) in [6, 6.07) is 11.7. The second kappa shape index (κ2) is 5.46. The van der Waals surface area contributed by atoms with Crippen molar-refractivity contribution in [1.82, 2.24) is 4.90 Å². The first-order chi connectivity index (χ1) is 7.83. The number of likely N-dealkylation sites (N-methyl/N-ethyl adjacent to an activating group) is 1. The minimum atomic E-state index is 0.379. The summed E-state index contributed by atoms with van der Waals surface area (Å²) in [6.07, 6.45) is 5.42. The summed E-state index contributed by atoms with van der Waals surface area (Å²) in [5.41, 5.74) is 7.28. The van der Waals surface area contributed by atoms with Crippen LogP contribution in [0.1, 0.15) is 37.3 Å². The van der Waals surface area contributed by atoms with Crippen molar-refractivity contribution in [1.29, 1.82) is 0 Å². The Kier molecular flexibility index (Phi) is 3.97. The normalized spacial score (nSPS) is 19.2. The fraction of sp³-hybridized carbons (Fsp3) is 0.571. The van der Waals surface area contributed by atoms with Gasteiger partial charge < -0.3 is 5.73 Å². The molecular formula is C14H22N2. The van der Waals surface area contributed by atoms with Gasteiger partial charge in [-0.05, 0) is 25.5 Å². The maximum atomic E-state index is 5.93. The molecule has 1 aliphatic rings. The number of benzene rings is 1. The van der Waals surface area contributed by atoms with Crippen molar-refractivity contribution >= 4 is 0 Å². The van der Waals surface area contributed by atoms with E-state index in [1.54, 1.807) is 0 Å². The third-order valence-corrected chi connectivity index (χ3v) is 3.80. The van der Waals surface area contributed by atoms with Crippen LogP contribution in [0, 0.1) is 0 Å². The molecule has 0 radical (unpaired) electrons. The van der Waals surface area contributed by atoms with Crippen LogP contribution in [0.3, 0.4) is 0 Å². The molecule has 88 valence electrons. The van der Waals surface area contributed by atoms with Crippen LogP contribution in [0.5, 0.6) is 0 Å². The first-order valence-electron chi connectivity index (χ1n) is 6.30. The Labute approximate surface area is 98.4 Å². The van der Waals surface area contributed by atoms with E-state index in [1.165, 1.54) is 31.2 Å². The molecule has 2 nitrogen and oxygen atoms in total. The van der Waals surface area contributed by atoms with E-state index in [1.807, 2.05) is 0 Å². The monoisotopic (exact) mass is 218 g/mol. The highest BCUT2D eigenvalue weighted by Gasteiger charge is 2.25. The van der Waals surface area contributed by atoms with E-state index in [4.69, 9.17) is 5.73 Å². The molecule has 0 aliphatic heterocycles. The fourth-order valence-corrected chi connectivity index (χ4v) is 2.78. The van der Waals surface area contributed by atoms with Crippen molar-refractivity contribution in [2.24, 2.45) is 5.73 Å². The molecule has 0 saturated heterocycles. The lowest BCUT2D eigenvalue weighted by molar-refractivity contribution is 0.179. The van der Waals surface area contributed by atoms with Gasteiger partial charge in [0.15, 0.2) is 0 Å². The van der Waals surface area contributed by atoms with Gasteiger partial charge in [0, 0.05) is 18.6 Å². The van der Waals surface area contributed by atoms with Gasteiger partial charge in [-0.15, -0.1) is 0 Å². The number of nitrogens with two attached hydrogens (primary N) is 1. The lowest BCUT2D eigenvalue weighted by Gasteiger charge is -2.32. The van der Waals surface area contributed by atoms with E-state index >= 15 is 0 Å². The third-order valence-electron chi connectivity index (χ3n) is 3.80. The number of hydrogen-bond acceptors (Lipinski definition) is 2. The largest absolute Gasteiger partial charge is 0.329 e. The fourth-order valence-electron chi connectivity index (χ4n) is 2.78. The number of rotatable bonds is 4. The van der Waals surface area contributed by atoms with Crippen LogP contribution in [0.15, 0.2) is 30.3 Å². The van der Waals surface area contributed by atoms with Crippen LogP contribution in [0.2, 0.25) is 0 Å². The molecule has 0 amide bonds. The molecule has 1 aliphatic carbocycles. The van der Waals surface area contributed by atoms with Crippen molar-refractivity contribution < 1.29 is 0 Å². The zero-order valence-electron chi connectivity index (χ0n) is 10.1. The molecule has 0 spiro atoms. The van der Waals surface area contributed by atoms with Crippen LogP contribution in [-0.2, 0) is 0 Å². The highest BCUT2D eigenvalue weighted by molar-refractivity contribution is 5.19. The van der Waals surface area contributed by atoms with Gasteiger partial charge >= 0.3 is 0 Å². The van der Waals surface area contributed by atoms with Crippen LogP contribution < -0.4 is 5.73 Å². The topological polar surface area (TPSA) is 29.3 Å². The minimum absolute atomic E-state index is 0.379. The number of nitrogens with zero attached hydrogens (tertiary/aromatic N) is 1. The second-order valence-corrected chi connectivity index (χ2v) is 4.77. The molecule has 2 heteroatoms. The molecule has 1 aromatic carbocycles. The Bertz CT molecular complexity index is 304. The number of hydrogen-bond donors (Lipinski definition) is 1. The van der Waals surface area contributed by atoms with Crippen molar-refractivity contribution in [2.45, 2.75) is 37.8 Å². The zero-order chi connectivity index (χ0) is 11.4. The standard InChI is InChI=1S/C14H22N2/c1-16(13-9-5-6-10-13)14(11-15)12-7-3-2-4-8-12/h2-4,7-8,13-14H,5-6,9-11,15H2,1H3. The quantitative estimate of drug-likeness (QED) is 0.841. The van der Waals surface area contributed by atoms with E-state index in [2.05, 4.69) is 42.3 Å². The average molecular weight is 218 g/mol. The van der Waals surface area contributed by atoms with Gasteiger partial charge in [0.2, 0.25) is 0 Å². The molecule has 1 atom stereocenters. The van der Waals surface area contributed by atoms with E-state index in [0.29, 0.717) is 12.6 Å². The van der Waals surface area contributed by atoms with Gasteiger partial charge in [-0.1, -0.05) is 43.2 Å². The highest BCUT2D eigenvalue weighted by Crippen LogP contribution is 2.28. The summed E-state index contributed by atoms with van der Waals surface area (Å²) in [7, 11) is 2.22. The van der Waals surface area contributed by atoms with Crippen LogP contribution in [0.25, 0.3) is 0 Å². The Morgan fingerprint density at radius 1 is 1.25 bits per heavy atom. The van der Waals surface area contributed by atoms with Gasteiger partial charge in [-0.25, -0.2) is 0 Å². The maximum absolute atomic E-state index is 5.93. The van der Waals surface area contributed by atoms with Crippen molar-refractivity contribution in [3.63, 3.8) is 0 Å². The molecule has 1 unspecified atom stereocenters. The lowest BCUT2D eigenvalue weighted by atomic mass is 10.0. The summed E-state index contributed by atoms with van der Waals surface area (Å²) in [5.74, 6) is 0. The average Bonchev–Trinajstić information content (AvgIpc) is 2.85. The molecular weight excluding hydrogens is 196 g/mol. The van der Waals surface area contributed by atoms with E-state index < -0.39 is 0 Å². The summed E-state index contributed by atoms with van der Waals surface area (Å²) in [4.78, 5) is 2.47. The predicted molar refractivity (Wildman–Crippen MR) is 68.3 cm³/mol. The van der Waals surface area contributed by atoms with Gasteiger partial charge in [0.1, 0.15) is 0 Å².